The number of hydrogen-bond donors (Lipinski definition) is 1. The quantitative estimate of drug-likeness (QED) is 0.701. The first-order valence-electron chi connectivity index (χ1n) is 11.4. The van der Waals surface area contributed by atoms with E-state index >= 15 is 0 Å². The summed E-state index contributed by atoms with van der Waals surface area (Å²) in [6, 6.07) is 8.31. The van der Waals surface area contributed by atoms with Crippen molar-refractivity contribution in [3.8, 4) is 0 Å². The molecule has 3 aliphatic heterocycles. The second-order valence-corrected chi connectivity index (χ2v) is 9.35. The molecular weight excluding hydrogens is 376 g/mol. The number of anilines is 1. The number of benzene rings is 1. The predicted octanol–water partition coefficient (Wildman–Crippen LogP) is 3.56. The molecule has 1 aromatic carbocycles. The number of carbonyl (C=O) groups excluding carboxylic acids is 1. The average molecular weight is 409 g/mol. The van der Waals surface area contributed by atoms with Gasteiger partial charge in [-0.2, -0.15) is 0 Å². The number of carbonyl (C=O) groups is 1. The molecule has 1 aliphatic carbocycles. The molecule has 160 valence electrons. The Morgan fingerprint density at radius 1 is 1.23 bits per heavy atom. The van der Waals surface area contributed by atoms with Crippen molar-refractivity contribution in [3.05, 3.63) is 53.3 Å². The molecule has 2 fully saturated rings. The number of rotatable bonds is 7. The Kier molecular flexibility index (Phi) is 5.19. The highest BCUT2D eigenvalue weighted by atomic mass is 16.5. The first-order valence-corrected chi connectivity index (χ1v) is 11.4. The lowest BCUT2D eigenvalue weighted by molar-refractivity contribution is -0.123. The van der Waals surface area contributed by atoms with Crippen molar-refractivity contribution >= 4 is 11.6 Å². The van der Waals surface area contributed by atoms with Crippen LogP contribution in [0.15, 0.2) is 47.7 Å². The van der Waals surface area contributed by atoms with E-state index in [-0.39, 0.29) is 17.9 Å². The predicted molar refractivity (Wildman–Crippen MR) is 117 cm³/mol. The second kappa shape index (κ2) is 7.86. The molecule has 4 aliphatic rings. The third-order valence-corrected chi connectivity index (χ3v) is 7.00. The summed E-state index contributed by atoms with van der Waals surface area (Å²) in [6.45, 7) is 8.36. The van der Waals surface area contributed by atoms with Gasteiger partial charge in [0.15, 0.2) is 0 Å². The van der Waals surface area contributed by atoms with Gasteiger partial charge in [0.05, 0.1) is 19.3 Å². The minimum absolute atomic E-state index is 0.0424. The van der Waals surface area contributed by atoms with Crippen molar-refractivity contribution in [2.45, 2.75) is 44.6 Å². The number of para-hydroxylation sites is 1. The van der Waals surface area contributed by atoms with Crippen LogP contribution >= 0.6 is 0 Å². The molecule has 1 N–H and O–H groups in total. The van der Waals surface area contributed by atoms with E-state index < -0.39 is 5.41 Å². The summed E-state index contributed by atoms with van der Waals surface area (Å²) in [5, 5.41) is 3.52. The van der Waals surface area contributed by atoms with Gasteiger partial charge in [-0.1, -0.05) is 38.1 Å². The van der Waals surface area contributed by atoms with Crippen LogP contribution < -0.4 is 10.2 Å². The molecular formula is C25H32N2O3. The smallest absolute Gasteiger partial charge is 0.240 e. The zero-order chi connectivity index (χ0) is 20.7. The Labute approximate surface area is 179 Å². The summed E-state index contributed by atoms with van der Waals surface area (Å²) in [5.41, 5.74) is 2.82. The van der Waals surface area contributed by atoms with Gasteiger partial charge in [0, 0.05) is 24.6 Å². The molecule has 1 aromatic rings. The maximum absolute atomic E-state index is 13.9. The van der Waals surface area contributed by atoms with E-state index in [0.717, 1.165) is 56.1 Å². The van der Waals surface area contributed by atoms with Crippen LogP contribution in [0.2, 0.25) is 0 Å². The van der Waals surface area contributed by atoms with Crippen molar-refractivity contribution in [2.75, 3.05) is 37.7 Å². The van der Waals surface area contributed by atoms with E-state index in [4.69, 9.17) is 9.47 Å². The molecule has 0 saturated carbocycles. The normalized spacial score (nSPS) is 29.0. The van der Waals surface area contributed by atoms with Gasteiger partial charge in [-0.15, -0.1) is 0 Å². The van der Waals surface area contributed by atoms with Gasteiger partial charge in [0.25, 0.3) is 0 Å². The lowest BCUT2D eigenvalue weighted by Gasteiger charge is -2.30. The molecule has 30 heavy (non-hydrogen) atoms. The zero-order valence-corrected chi connectivity index (χ0v) is 18.0. The molecule has 0 radical (unpaired) electrons. The van der Waals surface area contributed by atoms with Crippen LogP contribution in [0, 0.1) is 11.8 Å². The summed E-state index contributed by atoms with van der Waals surface area (Å²) in [7, 11) is 0. The molecule has 3 heterocycles. The number of amides is 1. The molecule has 5 heteroatoms. The van der Waals surface area contributed by atoms with Crippen LogP contribution in [0.5, 0.6) is 0 Å². The Morgan fingerprint density at radius 3 is 2.97 bits per heavy atom. The lowest BCUT2D eigenvalue weighted by Crippen LogP contribution is -2.46. The number of ether oxygens (including phenoxy) is 2. The number of fused-ring (bicyclic) bond motifs is 5. The molecule has 3 atom stereocenters. The summed E-state index contributed by atoms with van der Waals surface area (Å²) in [5.74, 6) is 1.91. The van der Waals surface area contributed by atoms with Crippen LogP contribution in [0.1, 0.15) is 38.7 Å². The Balaban J connectivity index is 1.36. The molecule has 5 rings (SSSR count). The zero-order valence-electron chi connectivity index (χ0n) is 18.0. The Morgan fingerprint density at radius 2 is 2.10 bits per heavy atom. The highest BCUT2D eigenvalue weighted by Gasteiger charge is 2.61. The fourth-order valence-electron chi connectivity index (χ4n) is 5.38. The van der Waals surface area contributed by atoms with E-state index in [0.29, 0.717) is 12.5 Å². The summed E-state index contributed by atoms with van der Waals surface area (Å²) in [4.78, 5) is 15.9. The minimum atomic E-state index is -0.607. The highest BCUT2D eigenvalue weighted by molar-refractivity contribution is 6.09. The van der Waals surface area contributed by atoms with Crippen molar-refractivity contribution in [1.82, 2.24) is 5.32 Å². The first-order chi connectivity index (χ1) is 14.6. The molecule has 2 saturated heterocycles. The van der Waals surface area contributed by atoms with Crippen LogP contribution in [0.4, 0.5) is 5.69 Å². The van der Waals surface area contributed by atoms with E-state index in [1.807, 2.05) is 17.0 Å². The van der Waals surface area contributed by atoms with Gasteiger partial charge in [-0.25, -0.2) is 0 Å². The Bertz CT molecular complexity index is 890. The van der Waals surface area contributed by atoms with Gasteiger partial charge >= 0.3 is 0 Å². The number of hydrogen-bond acceptors (Lipinski definition) is 4. The molecule has 0 aromatic heterocycles. The monoisotopic (exact) mass is 408 g/mol. The summed E-state index contributed by atoms with van der Waals surface area (Å²) >= 11 is 0. The van der Waals surface area contributed by atoms with E-state index in [2.05, 4.69) is 43.4 Å². The van der Waals surface area contributed by atoms with Gasteiger partial charge < -0.3 is 19.7 Å². The fourth-order valence-corrected chi connectivity index (χ4v) is 5.38. The van der Waals surface area contributed by atoms with Crippen LogP contribution in [0.25, 0.3) is 0 Å². The minimum Gasteiger partial charge on any atom is -0.493 e. The van der Waals surface area contributed by atoms with Crippen LogP contribution in [-0.2, 0) is 19.7 Å². The maximum Gasteiger partial charge on any atom is 0.240 e. The lowest BCUT2D eigenvalue weighted by atomic mass is 9.69. The SMILES string of the molecule is CC(C)CCNCCCN1C(=O)C2(COC3C=C4OCCC4=CC32)c2ccccc21. The van der Waals surface area contributed by atoms with Crippen molar-refractivity contribution in [1.29, 1.82) is 0 Å². The number of nitrogens with one attached hydrogen (secondary N) is 1. The molecule has 1 amide bonds. The second-order valence-electron chi connectivity index (χ2n) is 9.35. The Hall–Kier alpha value is -2.11. The highest BCUT2D eigenvalue weighted by Crippen LogP contribution is 2.54. The average Bonchev–Trinajstić information content (AvgIpc) is 3.41. The summed E-state index contributed by atoms with van der Waals surface area (Å²) in [6.07, 6.45) is 7.33. The van der Waals surface area contributed by atoms with Crippen LogP contribution in [-0.4, -0.2) is 44.9 Å². The largest absolute Gasteiger partial charge is 0.493 e. The summed E-state index contributed by atoms with van der Waals surface area (Å²) < 4.78 is 11.9. The van der Waals surface area contributed by atoms with Crippen molar-refractivity contribution < 1.29 is 14.3 Å². The number of allylic oxidation sites excluding steroid dienone is 1. The maximum atomic E-state index is 13.9. The van der Waals surface area contributed by atoms with Crippen molar-refractivity contribution in [3.63, 3.8) is 0 Å². The van der Waals surface area contributed by atoms with Gasteiger partial charge in [-0.05, 0) is 55.1 Å². The third kappa shape index (κ3) is 3.10. The van der Waals surface area contributed by atoms with Gasteiger partial charge in [0.1, 0.15) is 11.2 Å². The van der Waals surface area contributed by atoms with E-state index in [1.165, 1.54) is 12.0 Å². The first kappa shape index (κ1) is 19.8. The van der Waals surface area contributed by atoms with Gasteiger partial charge in [0.2, 0.25) is 5.91 Å². The fraction of sp³-hybridized carbons (Fsp3) is 0.560. The van der Waals surface area contributed by atoms with E-state index in [1.54, 1.807) is 0 Å². The van der Waals surface area contributed by atoms with Crippen LogP contribution in [0.3, 0.4) is 0 Å². The topological polar surface area (TPSA) is 50.8 Å². The van der Waals surface area contributed by atoms with Crippen molar-refractivity contribution in [2.24, 2.45) is 11.8 Å². The van der Waals surface area contributed by atoms with E-state index in [9.17, 15) is 4.79 Å². The molecule has 1 spiro atoms. The standard InChI is InChI=1S/C25H32N2O3/c1-17(2)8-11-26-10-5-12-27-21-7-4-3-6-19(21)25(24(27)28)16-30-23-15-22-18(9-13-29-22)14-20(23)25/h3-4,6-7,14-15,17,20,23,26H,5,8-13,16H2,1-2H3. The molecule has 0 bridgehead atoms. The molecule has 5 nitrogen and oxygen atoms in total. The number of nitrogens with zero attached hydrogens (tertiary/aromatic N) is 1. The molecule has 3 unspecified atom stereocenters. The third-order valence-electron chi connectivity index (χ3n) is 7.00. The van der Waals surface area contributed by atoms with Gasteiger partial charge in [-0.3, -0.25) is 4.79 Å².